The van der Waals surface area contributed by atoms with Gasteiger partial charge in [-0.2, -0.15) is 5.10 Å². The van der Waals surface area contributed by atoms with Gasteiger partial charge in [-0.25, -0.2) is 4.98 Å². The van der Waals surface area contributed by atoms with Gasteiger partial charge in [0.25, 0.3) is 0 Å². The Morgan fingerprint density at radius 3 is 2.68 bits per heavy atom. The lowest BCUT2D eigenvalue weighted by Crippen LogP contribution is -2.23. The fourth-order valence-corrected chi connectivity index (χ4v) is 4.19. The Hall–Kier alpha value is -3.39. The maximum atomic E-state index is 12.6. The van der Waals surface area contributed by atoms with Gasteiger partial charge in [0.15, 0.2) is 10.8 Å². The zero-order valence-corrected chi connectivity index (χ0v) is 18.5. The van der Waals surface area contributed by atoms with Gasteiger partial charge < -0.3 is 5.32 Å². The lowest BCUT2D eigenvalue weighted by Gasteiger charge is -2.14. The number of thioether (sulfide) groups is 1. The molecule has 8 heteroatoms. The average molecular weight is 433 g/mol. The summed E-state index contributed by atoms with van der Waals surface area (Å²) in [4.78, 5) is 17.2. The average Bonchev–Trinajstić information content (AvgIpc) is 3.13. The molecular weight excluding hydrogens is 408 g/mol. The van der Waals surface area contributed by atoms with E-state index >= 15 is 0 Å². The van der Waals surface area contributed by atoms with E-state index in [0.29, 0.717) is 21.7 Å². The number of carbonyl (C=O) groups is 1. The lowest BCUT2D eigenvalue weighted by molar-refractivity contribution is -0.113. The second-order valence-electron chi connectivity index (χ2n) is 7.35. The molecule has 7 nitrogen and oxygen atoms in total. The SMILES string of the molecule is CCc1ccc(NC(=O)CSc2nc3n[nH]c(C)c3c(=N)n2-c2cccc(C)c2)cc1. The summed E-state index contributed by atoms with van der Waals surface area (Å²) in [5, 5.41) is 20.1. The molecule has 2 aromatic heterocycles. The molecule has 3 N–H and O–H groups in total. The fourth-order valence-electron chi connectivity index (χ4n) is 3.38. The Kier molecular flexibility index (Phi) is 5.90. The number of hydrogen-bond donors (Lipinski definition) is 3. The third kappa shape index (κ3) is 4.39. The third-order valence-electron chi connectivity index (χ3n) is 5.02. The van der Waals surface area contributed by atoms with Crippen molar-refractivity contribution >= 4 is 34.4 Å². The van der Waals surface area contributed by atoms with Crippen LogP contribution in [0.1, 0.15) is 23.7 Å². The number of amides is 1. The van der Waals surface area contributed by atoms with E-state index in [0.717, 1.165) is 29.1 Å². The molecular formula is C23H24N6OS. The molecule has 0 saturated carbocycles. The molecule has 0 saturated heterocycles. The maximum Gasteiger partial charge on any atom is 0.234 e. The topological polar surface area (TPSA) is 99.5 Å². The van der Waals surface area contributed by atoms with Crippen molar-refractivity contribution in [1.29, 1.82) is 5.41 Å². The number of nitrogens with one attached hydrogen (secondary N) is 3. The first-order chi connectivity index (χ1) is 15.0. The van der Waals surface area contributed by atoms with Gasteiger partial charge in [0, 0.05) is 17.1 Å². The first-order valence-electron chi connectivity index (χ1n) is 10.1. The smallest absolute Gasteiger partial charge is 0.234 e. The Morgan fingerprint density at radius 2 is 1.97 bits per heavy atom. The quantitative estimate of drug-likeness (QED) is 0.315. The van der Waals surface area contributed by atoms with E-state index in [1.165, 1.54) is 17.3 Å². The van der Waals surface area contributed by atoms with Gasteiger partial charge in [0.05, 0.1) is 11.1 Å². The Balaban J connectivity index is 1.64. The standard InChI is InChI=1S/C23H24N6OS/c1-4-16-8-10-17(11-9-16)25-19(30)13-31-23-26-22-20(15(3)27-28-22)21(24)29(23)18-7-5-6-14(2)12-18/h5-12,24H,4,13H2,1-3H3,(H,25,30)(H,27,28). The van der Waals surface area contributed by atoms with E-state index in [-0.39, 0.29) is 11.7 Å². The molecule has 2 heterocycles. The largest absolute Gasteiger partial charge is 0.325 e. The van der Waals surface area contributed by atoms with Crippen LogP contribution >= 0.6 is 11.8 Å². The predicted molar refractivity (Wildman–Crippen MR) is 124 cm³/mol. The fraction of sp³-hybridized carbons (Fsp3) is 0.217. The predicted octanol–water partition coefficient (Wildman–Crippen LogP) is 4.14. The zero-order valence-electron chi connectivity index (χ0n) is 17.7. The molecule has 0 aliphatic rings. The van der Waals surface area contributed by atoms with Crippen LogP contribution in [-0.2, 0) is 11.2 Å². The first-order valence-corrected chi connectivity index (χ1v) is 11.1. The number of hydrogen-bond acceptors (Lipinski definition) is 5. The van der Waals surface area contributed by atoms with Crippen LogP contribution in [0.5, 0.6) is 0 Å². The summed E-state index contributed by atoms with van der Waals surface area (Å²) in [5.41, 5.74) is 5.46. The van der Waals surface area contributed by atoms with Crippen LogP contribution in [0.25, 0.3) is 16.7 Å². The van der Waals surface area contributed by atoms with Crippen molar-refractivity contribution in [2.75, 3.05) is 11.1 Å². The monoisotopic (exact) mass is 432 g/mol. The summed E-state index contributed by atoms with van der Waals surface area (Å²) in [6.07, 6.45) is 0.958. The number of carbonyl (C=O) groups excluding carboxylic acids is 1. The molecule has 0 radical (unpaired) electrons. The molecule has 0 atom stereocenters. The van der Waals surface area contributed by atoms with Crippen LogP contribution in [0.4, 0.5) is 5.69 Å². The van der Waals surface area contributed by atoms with E-state index < -0.39 is 0 Å². The first kappa shape index (κ1) is 20.9. The number of H-pyrrole nitrogens is 1. The number of nitrogens with zero attached hydrogens (tertiary/aromatic N) is 3. The van der Waals surface area contributed by atoms with Crippen LogP contribution in [0.15, 0.2) is 53.7 Å². The molecule has 0 bridgehead atoms. The van der Waals surface area contributed by atoms with E-state index in [2.05, 4.69) is 27.4 Å². The number of anilines is 1. The molecule has 0 unspecified atom stereocenters. The third-order valence-corrected chi connectivity index (χ3v) is 5.96. The summed E-state index contributed by atoms with van der Waals surface area (Å²) in [5.74, 6) is 0.0413. The van der Waals surface area contributed by atoms with Crippen molar-refractivity contribution in [3.05, 3.63) is 70.8 Å². The van der Waals surface area contributed by atoms with Gasteiger partial charge in [-0.1, -0.05) is 43.0 Å². The Morgan fingerprint density at radius 1 is 1.19 bits per heavy atom. The van der Waals surface area contributed by atoms with Crippen molar-refractivity contribution in [1.82, 2.24) is 19.7 Å². The van der Waals surface area contributed by atoms with E-state index in [9.17, 15) is 4.79 Å². The number of rotatable bonds is 6. The van der Waals surface area contributed by atoms with Crippen molar-refractivity contribution < 1.29 is 4.79 Å². The van der Waals surface area contributed by atoms with Gasteiger partial charge in [-0.15, -0.1) is 0 Å². The lowest BCUT2D eigenvalue weighted by atomic mass is 10.1. The van der Waals surface area contributed by atoms with Gasteiger partial charge in [-0.05, 0) is 55.7 Å². The highest BCUT2D eigenvalue weighted by Crippen LogP contribution is 2.22. The number of aromatic nitrogens is 4. The maximum absolute atomic E-state index is 12.6. The van der Waals surface area contributed by atoms with Gasteiger partial charge >= 0.3 is 0 Å². The minimum absolute atomic E-state index is 0.128. The van der Waals surface area contributed by atoms with Crippen molar-refractivity contribution in [3.63, 3.8) is 0 Å². The molecule has 0 aliphatic heterocycles. The Bertz CT molecular complexity index is 1310. The summed E-state index contributed by atoms with van der Waals surface area (Å²) >= 11 is 1.29. The number of benzene rings is 2. The highest BCUT2D eigenvalue weighted by molar-refractivity contribution is 7.99. The van der Waals surface area contributed by atoms with Crippen LogP contribution in [0.2, 0.25) is 0 Å². The van der Waals surface area contributed by atoms with Crippen LogP contribution in [-0.4, -0.2) is 31.4 Å². The number of aromatic amines is 1. The second kappa shape index (κ2) is 8.77. The number of fused-ring (bicyclic) bond motifs is 1. The van der Waals surface area contributed by atoms with E-state index in [1.54, 1.807) is 4.57 Å². The molecule has 1 amide bonds. The van der Waals surface area contributed by atoms with Gasteiger partial charge in [0.2, 0.25) is 5.91 Å². The van der Waals surface area contributed by atoms with Crippen molar-refractivity contribution in [2.24, 2.45) is 0 Å². The van der Waals surface area contributed by atoms with Gasteiger partial charge in [-0.3, -0.25) is 19.9 Å². The van der Waals surface area contributed by atoms with Crippen molar-refractivity contribution in [3.8, 4) is 5.69 Å². The molecule has 31 heavy (non-hydrogen) atoms. The van der Waals surface area contributed by atoms with Crippen LogP contribution in [0.3, 0.4) is 0 Å². The minimum atomic E-state index is -0.128. The summed E-state index contributed by atoms with van der Waals surface area (Å²) < 4.78 is 1.77. The summed E-state index contributed by atoms with van der Waals surface area (Å²) in [6.45, 7) is 5.98. The summed E-state index contributed by atoms with van der Waals surface area (Å²) in [6, 6.07) is 15.7. The van der Waals surface area contributed by atoms with Crippen LogP contribution < -0.4 is 10.8 Å². The van der Waals surface area contributed by atoms with E-state index in [4.69, 9.17) is 5.41 Å². The zero-order chi connectivity index (χ0) is 22.0. The van der Waals surface area contributed by atoms with E-state index in [1.807, 2.05) is 62.4 Å². The molecule has 0 fully saturated rings. The molecule has 2 aromatic carbocycles. The van der Waals surface area contributed by atoms with Crippen LogP contribution in [0, 0.1) is 19.3 Å². The normalized spacial score (nSPS) is 11.1. The highest BCUT2D eigenvalue weighted by Gasteiger charge is 2.16. The molecule has 4 rings (SSSR count). The number of aryl methyl sites for hydroxylation is 3. The van der Waals surface area contributed by atoms with Gasteiger partial charge in [0.1, 0.15) is 5.49 Å². The highest BCUT2D eigenvalue weighted by atomic mass is 32.2. The Labute approximate surface area is 184 Å². The summed E-state index contributed by atoms with van der Waals surface area (Å²) in [7, 11) is 0. The second-order valence-corrected chi connectivity index (χ2v) is 8.29. The minimum Gasteiger partial charge on any atom is -0.325 e. The molecule has 4 aromatic rings. The molecule has 0 aliphatic carbocycles. The molecule has 0 spiro atoms. The molecule has 158 valence electrons. The van der Waals surface area contributed by atoms with Crippen molar-refractivity contribution in [2.45, 2.75) is 32.3 Å².